The number of methoxy groups -OCH3 is 1. The second kappa shape index (κ2) is 11.1. The van der Waals surface area contributed by atoms with E-state index in [0.717, 1.165) is 11.6 Å². The zero-order valence-corrected chi connectivity index (χ0v) is 20.7. The van der Waals surface area contributed by atoms with Crippen molar-refractivity contribution in [1.29, 1.82) is 0 Å². The lowest BCUT2D eigenvalue weighted by Gasteiger charge is -2.42. The molecule has 7 heteroatoms. The first-order valence-electron chi connectivity index (χ1n) is 10.6. The topological polar surface area (TPSA) is 27.7 Å². The predicted molar refractivity (Wildman–Crippen MR) is 119 cm³/mol. The summed E-state index contributed by atoms with van der Waals surface area (Å²) in [7, 11) is -0.472. The average Bonchev–Trinajstić information content (AvgIpc) is 2.59. The normalized spacial score (nSPS) is 30.6. The fourth-order valence-electron chi connectivity index (χ4n) is 3.11. The largest absolute Gasteiger partial charge is 0.412 e. The Bertz CT molecular complexity index is 631. The van der Waals surface area contributed by atoms with Crippen molar-refractivity contribution in [3.8, 4) is 0 Å². The van der Waals surface area contributed by atoms with Gasteiger partial charge in [-0.25, -0.2) is 0 Å². The van der Waals surface area contributed by atoms with Gasteiger partial charge in [0.15, 0.2) is 8.32 Å². The van der Waals surface area contributed by atoms with Crippen LogP contribution in [0.15, 0.2) is 35.5 Å². The predicted octanol–water partition coefficient (Wildman–Crippen LogP) is 6.83. The van der Waals surface area contributed by atoms with Crippen molar-refractivity contribution >= 4 is 8.32 Å². The van der Waals surface area contributed by atoms with Crippen LogP contribution in [-0.4, -0.2) is 47.0 Å². The molecule has 0 aromatic heterocycles. The van der Waals surface area contributed by atoms with Crippen molar-refractivity contribution in [1.82, 2.24) is 0 Å². The molecular weight excluding hydrogens is 409 g/mol. The SMILES string of the molecule is CO[C@H]1/C=C/CC/C(C(F)(F)F)=C/COC/C(C)=C\[C@@H](C)[C@@H]1O[Si](C)(C)C(C)(C)C. The third-order valence-electron chi connectivity index (χ3n) is 5.95. The standard InChI is InChI=1S/C23H39F3O3Si/c1-17-15-18(2)21(29-30(7,8)22(3,4)5)20(27-6)12-10-9-11-19(23(24,25)26)13-14-28-16-17/h10,12-13,15,18,20-21H,9,11,14,16H2,1-8H3/b12-10+,17-15-,19-13-/t18-,20+,21+/m1/s1. The van der Waals surface area contributed by atoms with Gasteiger partial charge >= 0.3 is 6.18 Å². The Morgan fingerprint density at radius 3 is 2.33 bits per heavy atom. The van der Waals surface area contributed by atoms with E-state index in [0.29, 0.717) is 0 Å². The van der Waals surface area contributed by atoms with Gasteiger partial charge in [-0.2, -0.15) is 13.2 Å². The van der Waals surface area contributed by atoms with Gasteiger partial charge in [-0.1, -0.05) is 57.6 Å². The Morgan fingerprint density at radius 2 is 1.80 bits per heavy atom. The van der Waals surface area contributed by atoms with Crippen LogP contribution in [0.5, 0.6) is 0 Å². The molecule has 0 N–H and O–H groups in total. The van der Waals surface area contributed by atoms with Gasteiger partial charge in [-0.05, 0) is 37.9 Å². The van der Waals surface area contributed by atoms with Crippen LogP contribution >= 0.6 is 0 Å². The third kappa shape index (κ3) is 8.33. The van der Waals surface area contributed by atoms with Crippen molar-refractivity contribution in [3.05, 3.63) is 35.5 Å². The number of hydrogen-bond donors (Lipinski definition) is 0. The van der Waals surface area contributed by atoms with Crippen LogP contribution in [0.2, 0.25) is 18.1 Å². The molecule has 3 atom stereocenters. The average molecular weight is 449 g/mol. The van der Waals surface area contributed by atoms with Crippen molar-refractivity contribution < 1.29 is 27.1 Å². The molecule has 0 aliphatic carbocycles. The van der Waals surface area contributed by atoms with E-state index < -0.39 is 20.1 Å². The summed E-state index contributed by atoms with van der Waals surface area (Å²) in [6.45, 7) is 15.2. The molecular formula is C23H39F3O3Si. The van der Waals surface area contributed by atoms with E-state index in [4.69, 9.17) is 13.9 Å². The maximum atomic E-state index is 13.2. The van der Waals surface area contributed by atoms with Gasteiger partial charge in [0.1, 0.15) is 6.10 Å². The lowest BCUT2D eigenvalue weighted by molar-refractivity contribution is -0.0945. The summed E-state index contributed by atoms with van der Waals surface area (Å²) in [4.78, 5) is 0. The monoisotopic (exact) mass is 448 g/mol. The Hall–Kier alpha value is -0.893. The van der Waals surface area contributed by atoms with E-state index >= 15 is 0 Å². The minimum Gasteiger partial charge on any atom is -0.410 e. The smallest absolute Gasteiger partial charge is 0.410 e. The van der Waals surface area contributed by atoms with E-state index in [-0.39, 0.29) is 49.2 Å². The second-order valence-corrected chi connectivity index (χ2v) is 14.4. The second-order valence-electron chi connectivity index (χ2n) is 9.62. The molecule has 174 valence electrons. The molecule has 0 spiro atoms. The van der Waals surface area contributed by atoms with Gasteiger partial charge in [0.25, 0.3) is 0 Å². The summed E-state index contributed by atoms with van der Waals surface area (Å²) in [6.07, 6.45) is 2.12. The molecule has 1 heterocycles. The molecule has 0 radical (unpaired) electrons. The van der Waals surface area contributed by atoms with Gasteiger partial charge in [0.2, 0.25) is 0 Å². The maximum Gasteiger partial charge on any atom is 0.412 e. The fraction of sp³-hybridized carbons (Fsp3) is 0.739. The highest BCUT2D eigenvalue weighted by molar-refractivity contribution is 6.74. The summed E-state index contributed by atoms with van der Waals surface area (Å²) in [5.41, 5.74) is 0.409. The molecule has 0 unspecified atom stereocenters. The summed E-state index contributed by atoms with van der Waals surface area (Å²) in [5.74, 6) is 0.0570. The van der Waals surface area contributed by atoms with Gasteiger partial charge < -0.3 is 13.9 Å². The molecule has 0 amide bonds. The molecule has 1 rings (SSSR count). The highest BCUT2D eigenvalue weighted by atomic mass is 28.4. The van der Waals surface area contributed by atoms with Crippen LogP contribution in [0.25, 0.3) is 0 Å². The van der Waals surface area contributed by atoms with Crippen LogP contribution in [-0.2, 0) is 13.9 Å². The number of allylic oxidation sites excluding steroid dienone is 2. The Morgan fingerprint density at radius 1 is 1.17 bits per heavy atom. The lowest BCUT2D eigenvalue weighted by atomic mass is 9.96. The molecule has 0 aromatic rings. The van der Waals surface area contributed by atoms with Crippen LogP contribution < -0.4 is 0 Å². The number of halogens is 3. The van der Waals surface area contributed by atoms with Crippen LogP contribution in [0.4, 0.5) is 13.2 Å². The quantitative estimate of drug-likeness (QED) is 0.350. The Labute approximate surface area is 181 Å². The van der Waals surface area contributed by atoms with Crippen molar-refractivity contribution in [2.75, 3.05) is 20.3 Å². The summed E-state index contributed by atoms with van der Waals surface area (Å²) < 4.78 is 57.7. The van der Waals surface area contributed by atoms with Gasteiger partial charge in [-0.15, -0.1) is 0 Å². The van der Waals surface area contributed by atoms with Crippen LogP contribution in [0.3, 0.4) is 0 Å². The maximum absolute atomic E-state index is 13.2. The lowest BCUT2D eigenvalue weighted by Crippen LogP contribution is -2.49. The highest BCUT2D eigenvalue weighted by Gasteiger charge is 2.41. The first-order valence-corrected chi connectivity index (χ1v) is 13.5. The molecule has 0 saturated heterocycles. The van der Waals surface area contributed by atoms with E-state index in [1.807, 2.05) is 13.0 Å². The molecule has 0 fully saturated rings. The number of ether oxygens (including phenoxy) is 2. The number of rotatable bonds is 3. The minimum absolute atomic E-state index is 0.0298. The molecule has 0 aromatic carbocycles. The summed E-state index contributed by atoms with van der Waals surface area (Å²) in [5, 5.41) is 0.0298. The fourth-order valence-corrected chi connectivity index (χ4v) is 4.50. The first kappa shape index (κ1) is 27.1. The van der Waals surface area contributed by atoms with Gasteiger partial charge in [0.05, 0.1) is 19.3 Å². The molecule has 3 nitrogen and oxygen atoms in total. The molecule has 1 aliphatic rings. The van der Waals surface area contributed by atoms with E-state index in [9.17, 15) is 13.2 Å². The van der Waals surface area contributed by atoms with Crippen molar-refractivity contribution in [2.45, 2.75) is 84.0 Å². The summed E-state index contributed by atoms with van der Waals surface area (Å²) in [6, 6.07) is 0. The Balaban J connectivity index is 3.24. The van der Waals surface area contributed by atoms with Crippen LogP contribution in [0.1, 0.15) is 47.5 Å². The Kier molecular flexibility index (Phi) is 10.1. The van der Waals surface area contributed by atoms with E-state index in [1.54, 1.807) is 13.2 Å². The highest BCUT2D eigenvalue weighted by Crippen LogP contribution is 2.39. The molecule has 30 heavy (non-hydrogen) atoms. The zero-order chi connectivity index (χ0) is 23.2. The summed E-state index contributed by atoms with van der Waals surface area (Å²) >= 11 is 0. The van der Waals surface area contributed by atoms with Crippen LogP contribution in [0, 0.1) is 5.92 Å². The van der Waals surface area contributed by atoms with E-state index in [2.05, 4.69) is 46.9 Å². The number of hydrogen-bond acceptors (Lipinski definition) is 3. The molecule has 0 saturated carbocycles. The number of alkyl halides is 3. The van der Waals surface area contributed by atoms with E-state index in [1.165, 1.54) is 0 Å². The zero-order valence-electron chi connectivity index (χ0n) is 19.7. The van der Waals surface area contributed by atoms with Gasteiger partial charge in [-0.3, -0.25) is 0 Å². The molecule has 1 aliphatic heterocycles. The molecule has 0 bridgehead atoms. The third-order valence-corrected chi connectivity index (χ3v) is 10.4. The minimum atomic E-state index is -4.34. The van der Waals surface area contributed by atoms with Gasteiger partial charge in [0, 0.05) is 18.6 Å². The van der Waals surface area contributed by atoms with Crippen molar-refractivity contribution in [3.63, 3.8) is 0 Å². The first-order chi connectivity index (χ1) is 13.7. The van der Waals surface area contributed by atoms with Crippen molar-refractivity contribution in [2.24, 2.45) is 5.92 Å².